The molecule has 0 spiro atoms. The smallest absolute Gasteiger partial charge is 0.184 e. The van der Waals surface area contributed by atoms with Crippen molar-refractivity contribution in [2.45, 2.75) is 38.8 Å². The first kappa shape index (κ1) is 8.48. The van der Waals surface area contributed by atoms with Gasteiger partial charge in [0.25, 0.3) is 0 Å². The van der Waals surface area contributed by atoms with E-state index < -0.39 is 0 Å². The lowest BCUT2D eigenvalue weighted by atomic mass is 10.0. The first-order valence-electron chi connectivity index (χ1n) is 4.64. The summed E-state index contributed by atoms with van der Waals surface area (Å²) in [7, 11) is 0. The van der Waals surface area contributed by atoms with Crippen LogP contribution < -0.4 is 0 Å². The van der Waals surface area contributed by atoms with Gasteiger partial charge in [0.2, 0.25) is 0 Å². The van der Waals surface area contributed by atoms with E-state index in [-0.39, 0.29) is 18.5 Å². The Balaban J connectivity index is 1.94. The van der Waals surface area contributed by atoms with Crippen LogP contribution in [0.4, 0.5) is 0 Å². The fourth-order valence-corrected chi connectivity index (χ4v) is 1.74. The van der Waals surface area contributed by atoms with Gasteiger partial charge in [-0.1, -0.05) is 6.92 Å². The lowest BCUT2D eigenvalue weighted by molar-refractivity contribution is -0.294. The summed E-state index contributed by atoms with van der Waals surface area (Å²) >= 11 is 0. The molecule has 2 saturated heterocycles. The maximum absolute atomic E-state index is 5.61. The Labute approximate surface area is 73.0 Å². The van der Waals surface area contributed by atoms with Crippen LogP contribution >= 0.6 is 0 Å². The minimum atomic E-state index is -0.107. The molecule has 0 saturated carbocycles. The number of ether oxygens (including phenoxy) is 3. The van der Waals surface area contributed by atoms with Crippen LogP contribution in [0.5, 0.6) is 0 Å². The zero-order chi connectivity index (χ0) is 8.55. The van der Waals surface area contributed by atoms with Gasteiger partial charge in [-0.25, -0.2) is 0 Å². The predicted octanol–water partition coefficient (Wildman–Crippen LogP) is 1.17. The van der Waals surface area contributed by atoms with Gasteiger partial charge in [0.1, 0.15) is 6.10 Å². The molecule has 2 heterocycles. The Morgan fingerprint density at radius 1 is 1.08 bits per heavy atom. The summed E-state index contributed by atoms with van der Waals surface area (Å²) in [6.07, 6.45) is 1.31. The normalized spacial score (nSPS) is 48.5. The topological polar surface area (TPSA) is 27.7 Å². The molecule has 0 amide bonds. The molecule has 0 bridgehead atoms. The van der Waals surface area contributed by atoms with Crippen LogP contribution in [0.3, 0.4) is 0 Å². The fraction of sp³-hybridized carbons (Fsp3) is 1.00. The van der Waals surface area contributed by atoms with Gasteiger partial charge in [-0.05, 0) is 19.3 Å². The molecule has 0 N–H and O–H groups in total. The molecule has 0 aromatic rings. The first-order chi connectivity index (χ1) is 5.75. The van der Waals surface area contributed by atoms with Crippen LogP contribution in [-0.2, 0) is 14.2 Å². The van der Waals surface area contributed by atoms with E-state index in [9.17, 15) is 0 Å². The summed E-state index contributed by atoms with van der Waals surface area (Å²) in [6, 6.07) is 0. The van der Waals surface area contributed by atoms with Gasteiger partial charge in [0, 0.05) is 0 Å². The van der Waals surface area contributed by atoms with E-state index >= 15 is 0 Å². The highest BCUT2D eigenvalue weighted by Gasteiger charge is 2.35. The summed E-state index contributed by atoms with van der Waals surface area (Å²) < 4.78 is 16.7. The van der Waals surface area contributed by atoms with Gasteiger partial charge in [-0.3, -0.25) is 0 Å². The molecule has 4 unspecified atom stereocenters. The average Bonchev–Trinajstić information content (AvgIpc) is 2.05. The van der Waals surface area contributed by atoms with Gasteiger partial charge >= 0.3 is 0 Å². The minimum absolute atomic E-state index is 0.107. The van der Waals surface area contributed by atoms with Crippen LogP contribution in [0.25, 0.3) is 0 Å². The van der Waals surface area contributed by atoms with Crippen molar-refractivity contribution >= 4 is 0 Å². The van der Waals surface area contributed by atoms with E-state index in [0.29, 0.717) is 12.5 Å². The highest BCUT2D eigenvalue weighted by molar-refractivity contribution is 4.76. The van der Waals surface area contributed by atoms with Crippen molar-refractivity contribution < 1.29 is 14.2 Å². The van der Waals surface area contributed by atoms with E-state index in [1.165, 1.54) is 0 Å². The molecule has 70 valence electrons. The number of hydrogen-bond acceptors (Lipinski definition) is 3. The van der Waals surface area contributed by atoms with Crippen LogP contribution in [-0.4, -0.2) is 31.7 Å². The van der Waals surface area contributed by atoms with Gasteiger partial charge in [0.15, 0.2) is 6.29 Å². The van der Waals surface area contributed by atoms with E-state index in [1.54, 1.807) is 0 Å². The molecule has 2 aliphatic heterocycles. The highest BCUT2D eigenvalue weighted by Crippen LogP contribution is 2.26. The average molecular weight is 172 g/mol. The molecular formula is C9H16O3. The summed E-state index contributed by atoms with van der Waals surface area (Å²) in [5.41, 5.74) is 0. The molecule has 2 fully saturated rings. The van der Waals surface area contributed by atoms with Crippen LogP contribution in [0.15, 0.2) is 0 Å². The molecular weight excluding hydrogens is 156 g/mol. The Bertz CT molecular complexity index is 142. The van der Waals surface area contributed by atoms with Crippen molar-refractivity contribution in [3.8, 4) is 0 Å². The van der Waals surface area contributed by atoms with Crippen LogP contribution in [0.1, 0.15) is 20.3 Å². The van der Waals surface area contributed by atoms with Crippen molar-refractivity contribution in [1.82, 2.24) is 0 Å². The Kier molecular flexibility index (Phi) is 2.35. The Hall–Kier alpha value is -0.120. The molecule has 0 aliphatic carbocycles. The van der Waals surface area contributed by atoms with Gasteiger partial charge < -0.3 is 14.2 Å². The van der Waals surface area contributed by atoms with Crippen molar-refractivity contribution in [3.63, 3.8) is 0 Å². The Morgan fingerprint density at radius 3 is 2.75 bits per heavy atom. The van der Waals surface area contributed by atoms with Gasteiger partial charge in [0.05, 0.1) is 19.3 Å². The maximum atomic E-state index is 5.61. The second kappa shape index (κ2) is 3.32. The number of rotatable bonds is 0. The van der Waals surface area contributed by atoms with Crippen molar-refractivity contribution in [1.29, 1.82) is 0 Å². The minimum Gasteiger partial charge on any atom is -0.370 e. The van der Waals surface area contributed by atoms with E-state index in [2.05, 4.69) is 6.92 Å². The standard InChI is InChI=1S/C9H16O3/c1-6-3-8-9(11-4-6)12-7(2)5-10-8/h6-9H,3-5H2,1-2H3. The van der Waals surface area contributed by atoms with Gasteiger partial charge in [-0.2, -0.15) is 0 Å². The predicted molar refractivity (Wildman–Crippen MR) is 43.8 cm³/mol. The number of fused-ring (bicyclic) bond motifs is 1. The molecule has 12 heavy (non-hydrogen) atoms. The van der Waals surface area contributed by atoms with Crippen molar-refractivity contribution in [3.05, 3.63) is 0 Å². The second-order valence-electron chi connectivity index (χ2n) is 3.86. The third kappa shape index (κ3) is 1.63. The second-order valence-corrected chi connectivity index (χ2v) is 3.86. The van der Waals surface area contributed by atoms with E-state index in [0.717, 1.165) is 13.0 Å². The van der Waals surface area contributed by atoms with E-state index in [4.69, 9.17) is 14.2 Å². The molecule has 0 aromatic carbocycles. The molecule has 3 heteroatoms. The lowest BCUT2D eigenvalue weighted by Crippen LogP contribution is -2.48. The SMILES string of the molecule is CC1COC2OC(C)COC2C1. The maximum Gasteiger partial charge on any atom is 0.184 e. The molecule has 0 aromatic heterocycles. The fourth-order valence-electron chi connectivity index (χ4n) is 1.74. The molecule has 3 nitrogen and oxygen atoms in total. The van der Waals surface area contributed by atoms with Crippen LogP contribution in [0.2, 0.25) is 0 Å². The van der Waals surface area contributed by atoms with Crippen molar-refractivity contribution in [2.24, 2.45) is 5.92 Å². The van der Waals surface area contributed by atoms with Gasteiger partial charge in [-0.15, -0.1) is 0 Å². The molecule has 4 atom stereocenters. The molecule has 2 aliphatic rings. The third-order valence-corrected chi connectivity index (χ3v) is 2.39. The molecule has 2 rings (SSSR count). The summed E-state index contributed by atoms with van der Waals surface area (Å²) in [5, 5.41) is 0. The number of hydrogen-bond donors (Lipinski definition) is 0. The Morgan fingerprint density at radius 2 is 1.92 bits per heavy atom. The lowest BCUT2D eigenvalue weighted by Gasteiger charge is -2.40. The first-order valence-corrected chi connectivity index (χ1v) is 4.64. The quantitative estimate of drug-likeness (QED) is 0.549. The summed E-state index contributed by atoms with van der Waals surface area (Å²) in [4.78, 5) is 0. The van der Waals surface area contributed by atoms with Crippen molar-refractivity contribution in [2.75, 3.05) is 13.2 Å². The highest BCUT2D eigenvalue weighted by atomic mass is 16.7. The monoisotopic (exact) mass is 172 g/mol. The van der Waals surface area contributed by atoms with E-state index in [1.807, 2.05) is 6.92 Å². The summed E-state index contributed by atoms with van der Waals surface area (Å²) in [6.45, 7) is 5.70. The zero-order valence-corrected chi connectivity index (χ0v) is 7.66. The largest absolute Gasteiger partial charge is 0.370 e. The van der Waals surface area contributed by atoms with Crippen LogP contribution in [0, 0.1) is 5.92 Å². The zero-order valence-electron chi connectivity index (χ0n) is 7.66. The third-order valence-electron chi connectivity index (χ3n) is 2.39. The summed E-state index contributed by atoms with van der Waals surface area (Å²) in [5.74, 6) is 0.600. The molecule has 0 radical (unpaired) electrons.